The molecular formula is C16H16O3S. The summed E-state index contributed by atoms with van der Waals surface area (Å²) in [4.78, 5) is 13.1. The number of ketones is 1. The Labute approximate surface area is 122 Å². The van der Waals surface area contributed by atoms with E-state index in [1.54, 1.807) is 26.4 Å². The predicted octanol–water partition coefficient (Wildman–Crippen LogP) is 3.68. The van der Waals surface area contributed by atoms with Crippen LogP contribution in [0.15, 0.2) is 53.4 Å². The minimum atomic E-state index is 0.0803. The van der Waals surface area contributed by atoms with Gasteiger partial charge in [-0.05, 0) is 30.3 Å². The Kier molecular flexibility index (Phi) is 5.07. The summed E-state index contributed by atoms with van der Waals surface area (Å²) in [7, 11) is 3.22. The van der Waals surface area contributed by atoms with E-state index in [9.17, 15) is 4.79 Å². The van der Waals surface area contributed by atoms with Gasteiger partial charge in [-0.1, -0.05) is 18.2 Å². The average molecular weight is 288 g/mol. The number of carbonyl (C=O) groups is 1. The normalized spacial score (nSPS) is 10.1. The van der Waals surface area contributed by atoms with Crippen molar-refractivity contribution in [2.45, 2.75) is 4.90 Å². The van der Waals surface area contributed by atoms with Crippen LogP contribution in [-0.4, -0.2) is 25.8 Å². The molecule has 2 aromatic rings. The summed E-state index contributed by atoms with van der Waals surface area (Å²) in [5.74, 6) is 1.96. The quantitative estimate of drug-likeness (QED) is 0.600. The Morgan fingerprint density at radius 3 is 2.35 bits per heavy atom. The number of rotatable bonds is 6. The van der Waals surface area contributed by atoms with Crippen molar-refractivity contribution in [3.63, 3.8) is 0 Å². The molecule has 0 fully saturated rings. The molecule has 0 saturated carbocycles. The number of Topliss-reactive ketones (excluding diaryl/α,β-unsaturated/α-hetero) is 1. The highest BCUT2D eigenvalue weighted by Crippen LogP contribution is 2.24. The number of thioether (sulfide) groups is 1. The van der Waals surface area contributed by atoms with Crippen LogP contribution < -0.4 is 9.47 Å². The summed E-state index contributed by atoms with van der Waals surface area (Å²) in [6.45, 7) is 0. The lowest BCUT2D eigenvalue weighted by Crippen LogP contribution is -2.02. The Balaban J connectivity index is 2.00. The highest BCUT2D eigenvalue weighted by molar-refractivity contribution is 8.00. The van der Waals surface area contributed by atoms with Gasteiger partial charge in [-0.25, -0.2) is 0 Å². The molecule has 0 heterocycles. The highest BCUT2D eigenvalue weighted by atomic mass is 32.2. The molecule has 0 saturated heterocycles. The van der Waals surface area contributed by atoms with Gasteiger partial charge in [0.2, 0.25) is 0 Å². The number of hydrogen-bond donors (Lipinski definition) is 0. The number of hydrogen-bond acceptors (Lipinski definition) is 4. The van der Waals surface area contributed by atoms with Crippen molar-refractivity contribution in [3.05, 3.63) is 54.1 Å². The Morgan fingerprint density at radius 1 is 1.00 bits per heavy atom. The molecule has 4 heteroatoms. The molecule has 20 heavy (non-hydrogen) atoms. The van der Waals surface area contributed by atoms with Crippen molar-refractivity contribution in [3.8, 4) is 11.5 Å². The predicted molar refractivity (Wildman–Crippen MR) is 81.0 cm³/mol. The lowest BCUT2D eigenvalue weighted by molar-refractivity contribution is 0.102. The molecule has 0 spiro atoms. The third-order valence-corrected chi connectivity index (χ3v) is 3.80. The van der Waals surface area contributed by atoms with Gasteiger partial charge >= 0.3 is 0 Å². The lowest BCUT2D eigenvalue weighted by Gasteiger charge is -2.05. The molecule has 0 amide bonds. The molecule has 0 aliphatic heterocycles. The highest BCUT2D eigenvalue weighted by Gasteiger charge is 2.08. The maximum Gasteiger partial charge on any atom is 0.173 e. The summed E-state index contributed by atoms with van der Waals surface area (Å²) >= 11 is 1.50. The minimum Gasteiger partial charge on any atom is -0.497 e. The molecule has 0 N–H and O–H groups in total. The van der Waals surface area contributed by atoms with E-state index in [4.69, 9.17) is 9.47 Å². The second-order valence-corrected chi connectivity index (χ2v) is 5.17. The zero-order valence-electron chi connectivity index (χ0n) is 11.5. The fraction of sp³-hybridized carbons (Fsp3) is 0.188. The van der Waals surface area contributed by atoms with Crippen molar-refractivity contribution >= 4 is 17.5 Å². The van der Waals surface area contributed by atoms with Crippen LogP contribution in [0.4, 0.5) is 0 Å². The van der Waals surface area contributed by atoms with Crippen LogP contribution in [0.25, 0.3) is 0 Å². The maximum absolute atomic E-state index is 12.1. The first-order valence-corrected chi connectivity index (χ1v) is 7.15. The van der Waals surface area contributed by atoms with E-state index in [2.05, 4.69) is 0 Å². The topological polar surface area (TPSA) is 35.5 Å². The molecule has 0 bridgehead atoms. The molecule has 0 aliphatic carbocycles. The van der Waals surface area contributed by atoms with Gasteiger partial charge in [-0.3, -0.25) is 4.79 Å². The zero-order chi connectivity index (χ0) is 14.4. The minimum absolute atomic E-state index is 0.0803. The standard InChI is InChI=1S/C16H16O3S/c1-18-13-6-3-5-12(9-13)16(17)11-20-15-8-4-7-14(10-15)19-2/h3-10H,11H2,1-2H3. The molecule has 2 rings (SSSR count). The zero-order valence-corrected chi connectivity index (χ0v) is 12.3. The van der Waals surface area contributed by atoms with Crippen LogP contribution in [0.3, 0.4) is 0 Å². The summed E-state index contributed by atoms with van der Waals surface area (Å²) < 4.78 is 10.3. The number of ether oxygens (including phenoxy) is 2. The molecule has 2 aromatic carbocycles. The van der Waals surface area contributed by atoms with Crippen LogP contribution >= 0.6 is 11.8 Å². The van der Waals surface area contributed by atoms with Crippen LogP contribution in [0.2, 0.25) is 0 Å². The summed E-state index contributed by atoms with van der Waals surface area (Å²) in [5.41, 5.74) is 0.666. The van der Waals surface area contributed by atoms with Crippen LogP contribution in [0.5, 0.6) is 11.5 Å². The Hall–Kier alpha value is -1.94. The summed E-state index contributed by atoms with van der Waals surface area (Å²) in [6.07, 6.45) is 0. The first-order chi connectivity index (χ1) is 9.72. The summed E-state index contributed by atoms with van der Waals surface area (Å²) in [6, 6.07) is 14.9. The van der Waals surface area contributed by atoms with Crippen LogP contribution in [-0.2, 0) is 0 Å². The van der Waals surface area contributed by atoms with Gasteiger partial charge in [0.15, 0.2) is 5.78 Å². The molecule has 0 atom stereocenters. The third-order valence-electron chi connectivity index (χ3n) is 2.80. The molecule has 0 aliphatic rings. The average Bonchev–Trinajstić information content (AvgIpc) is 2.52. The second-order valence-electron chi connectivity index (χ2n) is 4.12. The largest absolute Gasteiger partial charge is 0.497 e. The Bertz CT molecular complexity index is 596. The van der Waals surface area contributed by atoms with Gasteiger partial charge in [0, 0.05) is 10.5 Å². The first kappa shape index (κ1) is 14.5. The SMILES string of the molecule is COc1cccc(SCC(=O)c2cccc(OC)c2)c1. The molecule has 3 nitrogen and oxygen atoms in total. The van der Waals surface area contributed by atoms with Crippen LogP contribution in [0.1, 0.15) is 10.4 Å². The fourth-order valence-corrected chi connectivity index (χ4v) is 2.56. The smallest absolute Gasteiger partial charge is 0.173 e. The van der Waals surface area contributed by atoms with Crippen molar-refractivity contribution in [2.75, 3.05) is 20.0 Å². The van der Waals surface area contributed by atoms with E-state index in [1.807, 2.05) is 36.4 Å². The van der Waals surface area contributed by atoms with E-state index >= 15 is 0 Å². The maximum atomic E-state index is 12.1. The molecular weight excluding hydrogens is 272 g/mol. The molecule has 0 unspecified atom stereocenters. The molecule has 0 radical (unpaired) electrons. The molecule has 0 aromatic heterocycles. The van der Waals surface area contributed by atoms with Gasteiger partial charge in [-0.15, -0.1) is 11.8 Å². The van der Waals surface area contributed by atoms with Crippen LogP contribution in [0, 0.1) is 0 Å². The van der Waals surface area contributed by atoms with Crippen molar-refractivity contribution in [1.82, 2.24) is 0 Å². The Morgan fingerprint density at radius 2 is 1.65 bits per heavy atom. The van der Waals surface area contributed by atoms with E-state index in [0.29, 0.717) is 17.1 Å². The van der Waals surface area contributed by atoms with Gasteiger partial charge in [0.25, 0.3) is 0 Å². The van der Waals surface area contributed by atoms with Crippen molar-refractivity contribution in [2.24, 2.45) is 0 Å². The third kappa shape index (κ3) is 3.78. The first-order valence-electron chi connectivity index (χ1n) is 6.17. The van der Waals surface area contributed by atoms with E-state index in [1.165, 1.54) is 11.8 Å². The van der Waals surface area contributed by atoms with Gasteiger partial charge in [-0.2, -0.15) is 0 Å². The monoisotopic (exact) mass is 288 g/mol. The van der Waals surface area contributed by atoms with Crippen molar-refractivity contribution in [1.29, 1.82) is 0 Å². The van der Waals surface area contributed by atoms with Gasteiger partial charge < -0.3 is 9.47 Å². The lowest BCUT2D eigenvalue weighted by atomic mass is 10.1. The fourth-order valence-electron chi connectivity index (χ4n) is 1.72. The number of methoxy groups -OCH3 is 2. The molecule has 104 valence electrons. The van der Waals surface area contributed by atoms with Gasteiger partial charge in [0.05, 0.1) is 20.0 Å². The van der Waals surface area contributed by atoms with Crippen molar-refractivity contribution < 1.29 is 14.3 Å². The van der Waals surface area contributed by atoms with Gasteiger partial charge in [0.1, 0.15) is 11.5 Å². The number of carbonyl (C=O) groups excluding carboxylic acids is 1. The summed E-state index contributed by atoms with van der Waals surface area (Å²) in [5, 5.41) is 0. The van der Waals surface area contributed by atoms with E-state index in [0.717, 1.165) is 10.6 Å². The number of benzene rings is 2. The van der Waals surface area contributed by atoms with E-state index in [-0.39, 0.29) is 5.78 Å². The second kappa shape index (κ2) is 7.01. The van der Waals surface area contributed by atoms with E-state index < -0.39 is 0 Å².